The first-order valence-corrected chi connectivity index (χ1v) is 9.28. The summed E-state index contributed by atoms with van der Waals surface area (Å²) in [6.07, 6.45) is -1.02. The van der Waals surface area contributed by atoms with Gasteiger partial charge in [0.25, 0.3) is 6.01 Å². The number of aromatic amines is 1. The molecule has 0 amide bonds. The van der Waals surface area contributed by atoms with E-state index in [1.165, 1.54) is 6.92 Å². The number of carbonyl (C=O) groups is 1. The predicted molar refractivity (Wildman–Crippen MR) is 105 cm³/mol. The molecule has 1 saturated heterocycles. The quantitative estimate of drug-likeness (QED) is 0.676. The van der Waals surface area contributed by atoms with Crippen molar-refractivity contribution in [2.45, 2.75) is 13.0 Å². The summed E-state index contributed by atoms with van der Waals surface area (Å²) in [6.45, 7) is 4.63. The van der Waals surface area contributed by atoms with Crippen LogP contribution in [-0.2, 0) is 9.53 Å². The van der Waals surface area contributed by atoms with Crippen molar-refractivity contribution in [3.63, 3.8) is 0 Å². The van der Waals surface area contributed by atoms with E-state index >= 15 is 0 Å². The van der Waals surface area contributed by atoms with Crippen molar-refractivity contribution in [2.75, 3.05) is 31.2 Å². The predicted octanol–water partition coefficient (Wildman–Crippen LogP) is 2.97. The highest BCUT2D eigenvalue weighted by molar-refractivity contribution is 6.33. The fourth-order valence-electron chi connectivity index (χ4n) is 3.02. The van der Waals surface area contributed by atoms with Gasteiger partial charge in [0.1, 0.15) is 0 Å². The molecule has 8 nitrogen and oxygen atoms in total. The van der Waals surface area contributed by atoms with Gasteiger partial charge in [0.15, 0.2) is 11.8 Å². The summed E-state index contributed by atoms with van der Waals surface area (Å²) in [6, 6.07) is 9.82. The number of morpholine rings is 1. The normalized spacial score (nSPS) is 15.6. The lowest BCUT2D eigenvalue weighted by Gasteiger charge is -2.28. The average molecular weight is 403 g/mol. The molecule has 1 atom stereocenters. The number of rotatable bonds is 5. The molecule has 1 fully saturated rings. The number of imidazole rings is 1. The lowest BCUT2D eigenvalue weighted by molar-refractivity contribution is -0.144. The van der Waals surface area contributed by atoms with Crippen LogP contribution in [-0.4, -0.2) is 58.4 Å². The Morgan fingerprint density at radius 1 is 1.29 bits per heavy atom. The van der Waals surface area contributed by atoms with E-state index in [0.29, 0.717) is 21.9 Å². The number of ether oxygens (including phenoxy) is 2. The van der Waals surface area contributed by atoms with Gasteiger partial charge in [0.05, 0.1) is 29.4 Å². The smallest absolute Gasteiger partial charge is 0.344 e. The molecule has 1 aliphatic rings. The van der Waals surface area contributed by atoms with Crippen molar-refractivity contribution in [3.05, 3.63) is 35.4 Å². The summed E-state index contributed by atoms with van der Waals surface area (Å²) in [5.41, 5.74) is 3.58. The number of halogens is 1. The molecule has 3 heterocycles. The van der Waals surface area contributed by atoms with E-state index in [-0.39, 0.29) is 6.01 Å². The summed E-state index contributed by atoms with van der Waals surface area (Å²) in [5.74, 6) is -1.08. The fourth-order valence-corrected chi connectivity index (χ4v) is 3.28. The maximum absolute atomic E-state index is 10.9. The molecule has 2 N–H and O–H groups in total. The number of carboxylic acid groups (broad SMARTS) is 1. The zero-order chi connectivity index (χ0) is 19.7. The van der Waals surface area contributed by atoms with E-state index in [1.54, 1.807) is 6.07 Å². The molecule has 2 aromatic heterocycles. The van der Waals surface area contributed by atoms with E-state index in [4.69, 9.17) is 26.2 Å². The first-order chi connectivity index (χ1) is 13.5. The Hall–Kier alpha value is -2.84. The Bertz CT molecular complexity index is 999. The van der Waals surface area contributed by atoms with Crippen molar-refractivity contribution in [1.29, 1.82) is 0 Å². The fraction of sp³-hybridized carbons (Fsp3) is 0.316. The summed E-state index contributed by atoms with van der Waals surface area (Å²) in [4.78, 5) is 24.8. The van der Waals surface area contributed by atoms with Crippen molar-refractivity contribution in [3.8, 4) is 17.3 Å². The maximum atomic E-state index is 10.9. The second-order valence-electron chi connectivity index (χ2n) is 6.48. The van der Waals surface area contributed by atoms with Crippen molar-refractivity contribution in [1.82, 2.24) is 15.0 Å². The zero-order valence-electron chi connectivity index (χ0n) is 15.2. The molecule has 146 valence electrons. The first-order valence-electron chi connectivity index (χ1n) is 8.90. The minimum atomic E-state index is -1.08. The topological polar surface area (TPSA) is 101 Å². The number of nitrogens with one attached hydrogen (secondary N) is 1. The van der Waals surface area contributed by atoms with Gasteiger partial charge >= 0.3 is 5.97 Å². The number of nitrogens with zero attached hydrogens (tertiary/aromatic N) is 3. The number of fused-ring (bicyclic) bond motifs is 1. The largest absolute Gasteiger partial charge is 0.479 e. The number of pyridine rings is 1. The van der Waals surface area contributed by atoms with Crippen LogP contribution in [0, 0.1) is 0 Å². The third-order valence-electron chi connectivity index (χ3n) is 4.56. The number of benzene rings is 1. The molecule has 0 spiro atoms. The SMILES string of the molecule is CC(Oc1nc2nc(-c3ccc(N4CCOCC4)cc3)c(Cl)cc2[nH]1)C(=O)O. The molecule has 28 heavy (non-hydrogen) atoms. The number of hydrogen-bond donors (Lipinski definition) is 2. The summed E-state index contributed by atoms with van der Waals surface area (Å²) in [7, 11) is 0. The minimum absolute atomic E-state index is 0.0910. The average Bonchev–Trinajstić information content (AvgIpc) is 3.09. The molecule has 0 radical (unpaired) electrons. The van der Waals surface area contributed by atoms with Crippen molar-refractivity contribution >= 4 is 34.4 Å². The van der Waals surface area contributed by atoms with Gasteiger partial charge in [-0.3, -0.25) is 0 Å². The van der Waals surface area contributed by atoms with Crippen LogP contribution in [0.1, 0.15) is 6.92 Å². The number of H-pyrrole nitrogens is 1. The number of aliphatic carboxylic acids is 1. The van der Waals surface area contributed by atoms with Crippen molar-refractivity contribution in [2.24, 2.45) is 0 Å². The second kappa shape index (κ2) is 7.65. The summed E-state index contributed by atoms with van der Waals surface area (Å²) >= 11 is 6.42. The molecular formula is C19H19ClN4O4. The molecule has 3 aromatic rings. The van der Waals surface area contributed by atoms with Gasteiger partial charge in [-0.25, -0.2) is 9.78 Å². The molecule has 0 bridgehead atoms. The highest BCUT2D eigenvalue weighted by Gasteiger charge is 2.17. The highest BCUT2D eigenvalue weighted by Crippen LogP contribution is 2.31. The first kappa shape index (κ1) is 18.5. The van der Waals surface area contributed by atoms with E-state index < -0.39 is 12.1 Å². The van der Waals surface area contributed by atoms with Gasteiger partial charge in [0, 0.05) is 24.3 Å². The van der Waals surface area contributed by atoms with Crippen LogP contribution < -0.4 is 9.64 Å². The van der Waals surface area contributed by atoms with Gasteiger partial charge in [0.2, 0.25) is 0 Å². The molecule has 0 aliphatic carbocycles. The molecule has 4 rings (SSSR count). The Morgan fingerprint density at radius 3 is 2.68 bits per heavy atom. The monoisotopic (exact) mass is 402 g/mol. The van der Waals surface area contributed by atoms with E-state index in [2.05, 4.69) is 19.9 Å². The highest BCUT2D eigenvalue weighted by atomic mass is 35.5. The third-order valence-corrected chi connectivity index (χ3v) is 4.85. The van der Waals surface area contributed by atoms with Crippen LogP contribution in [0.3, 0.4) is 0 Å². The Labute approximate surface area is 166 Å². The molecular weight excluding hydrogens is 384 g/mol. The van der Waals surface area contributed by atoms with Gasteiger partial charge < -0.3 is 24.5 Å². The van der Waals surface area contributed by atoms with Crippen LogP contribution in [0.5, 0.6) is 6.01 Å². The molecule has 1 aliphatic heterocycles. The molecule has 1 unspecified atom stereocenters. The van der Waals surface area contributed by atoms with E-state index in [0.717, 1.165) is 37.6 Å². The van der Waals surface area contributed by atoms with Crippen LogP contribution in [0.2, 0.25) is 5.02 Å². The molecule has 9 heteroatoms. The minimum Gasteiger partial charge on any atom is -0.479 e. The Balaban J connectivity index is 1.61. The number of aromatic nitrogens is 3. The van der Waals surface area contributed by atoms with Gasteiger partial charge in [-0.15, -0.1) is 0 Å². The van der Waals surface area contributed by atoms with Crippen LogP contribution in [0.4, 0.5) is 5.69 Å². The Kier molecular flexibility index (Phi) is 5.06. The molecule has 1 aromatic carbocycles. The van der Waals surface area contributed by atoms with Crippen molar-refractivity contribution < 1.29 is 19.4 Å². The second-order valence-corrected chi connectivity index (χ2v) is 6.88. The third kappa shape index (κ3) is 3.74. The van der Waals surface area contributed by atoms with E-state index in [1.807, 2.05) is 24.3 Å². The Morgan fingerprint density at radius 2 is 2.00 bits per heavy atom. The summed E-state index contributed by atoms with van der Waals surface area (Å²) in [5, 5.41) is 9.42. The van der Waals surface area contributed by atoms with Crippen LogP contribution in [0.25, 0.3) is 22.4 Å². The van der Waals surface area contributed by atoms with E-state index in [9.17, 15) is 4.79 Å². The number of carboxylic acids is 1. The van der Waals surface area contributed by atoms with Crippen LogP contribution in [0.15, 0.2) is 30.3 Å². The number of anilines is 1. The lowest BCUT2D eigenvalue weighted by Crippen LogP contribution is -2.36. The van der Waals surface area contributed by atoms with Crippen LogP contribution >= 0.6 is 11.6 Å². The maximum Gasteiger partial charge on any atom is 0.344 e. The number of hydrogen-bond acceptors (Lipinski definition) is 6. The lowest BCUT2D eigenvalue weighted by atomic mass is 10.1. The van der Waals surface area contributed by atoms with Gasteiger partial charge in [-0.2, -0.15) is 4.98 Å². The standard InChI is InChI=1S/C19H19ClN4O4/c1-11(18(25)26)28-19-21-15-10-14(20)16(22-17(15)23-19)12-2-4-13(5-3-12)24-6-8-27-9-7-24/h2-5,10-11H,6-9H2,1H3,(H,25,26)(H,21,22,23). The van der Waals surface area contributed by atoms with Gasteiger partial charge in [-0.1, -0.05) is 23.7 Å². The summed E-state index contributed by atoms with van der Waals surface area (Å²) < 4.78 is 10.7. The molecule has 0 saturated carbocycles. The van der Waals surface area contributed by atoms with Gasteiger partial charge in [-0.05, 0) is 25.1 Å². The zero-order valence-corrected chi connectivity index (χ0v) is 15.9.